The molecule has 3 unspecified atom stereocenters. The van der Waals surface area contributed by atoms with Crippen LogP contribution in [0.5, 0.6) is 0 Å². The first-order valence-corrected chi connectivity index (χ1v) is 7.43. The minimum absolute atomic E-state index is 0.0575. The van der Waals surface area contributed by atoms with E-state index >= 15 is 0 Å². The topological polar surface area (TPSA) is 54.4 Å². The predicted molar refractivity (Wildman–Crippen MR) is 78.0 cm³/mol. The Hall–Kier alpha value is -2.16. The van der Waals surface area contributed by atoms with E-state index in [1.807, 2.05) is 30.3 Å². The second kappa shape index (κ2) is 4.42. The van der Waals surface area contributed by atoms with Crippen molar-refractivity contribution in [1.82, 2.24) is 0 Å². The largest absolute Gasteiger partial charge is 0.505 e. The molecule has 1 aromatic rings. The molecule has 3 aliphatic carbocycles. The van der Waals surface area contributed by atoms with Crippen molar-refractivity contribution in [2.45, 2.75) is 19.3 Å². The van der Waals surface area contributed by atoms with Crippen LogP contribution < -0.4 is 0 Å². The van der Waals surface area contributed by atoms with E-state index in [2.05, 4.69) is 0 Å². The van der Waals surface area contributed by atoms with Gasteiger partial charge in [-0.25, -0.2) is 0 Å². The van der Waals surface area contributed by atoms with E-state index in [0.29, 0.717) is 0 Å². The molecule has 21 heavy (non-hydrogen) atoms. The maximum atomic E-state index is 12.7. The van der Waals surface area contributed by atoms with Gasteiger partial charge in [0.15, 0.2) is 11.5 Å². The van der Waals surface area contributed by atoms with Crippen LogP contribution in [0, 0.1) is 17.8 Å². The lowest BCUT2D eigenvalue weighted by Crippen LogP contribution is -2.37. The third kappa shape index (κ3) is 1.80. The second-order valence-corrected chi connectivity index (χ2v) is 6.22. The molecule has 0 saturated heterocycles. The van der Waals surface area contributed by atoms with Gasteiger partial charge in [-0.05, 0) is 42.7 Å². The van der Waals surface area contributed by atoms with Gasteiger partial charge in [0.25, 0.3) is 0 Å². The fourth-order valence-electron chi connectivity index (χ4n) is 3.97. The molecule has 0 spiro atoms. The molecule has 3 nitrogen and oxygen atoms in total. The second-order valence-electron chi connectivity index (χ2n) is 6.22. The van der Waals surface area contributed by atoms with E-state index in [1.54, 1.807) is 6.08 Å². The van der Waals surface area contributed by atoms with Crippen LogP contribution in [0.1, 0.15) is 28.8 Å². The molecular weight excluding hydrogens is 264 g/mol. The molecule has 1 aromatic carbocycles. The molecule has 0 aromatic heterocycles. The van der Waals surface area contributed by atoms with Gasteiger partial charge in [0, 0.05) is 17.1 Å². The van der Waals surface area contributed by atoms with Crippen molar-refractivity contribution < 1.29 is 14.7 Å². The lowest BCUT2D eigenvalue weighted by Gasteiger charge is -2.38. The highest BCUT2D eigenvalue weighted by Crippen LogP contribution is 2.44. The van der Waals surface area contributed by atoms with Crippen LogP contribution in [0.2, 0.25) is 0 Å². The van der Waals surface area contributed by atoms with Gasteiger partial charge in [-0.2, -0.15) is 0 Å². The molecule has 1 N–H and O–H groups in total. The summed E-state index contributed by atoms with van der Waals surface area (Å²) < 4.78 is 0. The predicted octanol–water partition coefficient (Wildman–Crippen LogP) is 3.02. The smallest absolute Gasteiger partial charge is 0.203 e. The number of aliphatic hydroxyl groups excluding tert-OH is 1. The third-order valence-electron chi connectivity index (χ3n) is 5.05. The van der Waals surface area contributed by atoms with Crippen LogP contribution in [-0.2, 0) is 11.2 Å². The van der Waals surface area contributed by atoms with Crippen LogP contribution >= 0.6 is 0 Å². The van der Waals surface area contributed by atoms with Crippen molar-refractivity contribution in [1.29, 1.82) is 0 Å². The fourth-order valence-corrected chi connectivity index (χ4v) is 3.97. The van der Waals surface area contributed by atoms with Gasteiger partial charge in [0.05, 0.1) is 0 Å². The van der Waals surface area contributed by atoms with Gasteiger partial charge >= 0.3 is 0 Å². The summed E-state index contributed by atoms with van der Waals surface area (Å²) in [6.45, 7) is 0. The van der Waals surface area contributed by atoms with E-state index in [4.69, 9.17) is 0 Å². The van der Waals surface area contributed by atoms with Crippen LogP contribution in [0.3, 0.4) is 0 Å². The molecule has 0 aliphatic heterocycles. The van der Waals surface area contributed by atoms with Crippen LogP contribution in [0.4, 0.5) is 0 Å². The highest BCUT2D eigenvalue weighted by atomic mass is 16.3. The first kappa shape index (κ1) is 12.6. The fraction of sp³-hybridized carbons (Fsp3) is 0.333. The summed E-state index contributed by atoms with van der Waals surface area (Å²) in [6, 6.07) is 7.73. The Morgan fingerprint density at radius 3 is 2.81 bits per heavy atom. The molecule has 0 bridgehead atoms. The molecule has 0 heterocycles. The monoisotopic (exact) mass is 280 g/mol. The number of fused-ring (bicyclic) bond motifs is 3. The van der Waals surface area contributed by atoms with Gasteiger partial charge in [-0.15, -0.1) is 0 Å². The van der Waals surface area contributed by atoms with Gasteiger partial charge < -0.3 is 5.11 Å². The Morgan fingerprint density at radius 2 is 1.95 bits per heavy atom. The normalized spacial score (nSPS) is 30.8. The summed E-state index contributed by atoms with van der Waals surface area (Å²) in [5.41, 5.74) is 2.66. The molecule has 4 rings (SSSR count). The third-order valence-corrected chi connectivity index (χ3v) is 5.05. The zero-order valence-electron chi connectivity index (χ0n) is 11.6. The summed E-state index contributed by atoms with van der Waals surface area (Å²) >= 11 is 0. The first-order chi connectivity index (χ1) is 10.1. The SMILES string of the molecule is O=C1C2=CC3C(=O)C(O)=CCC3CC2Cc2ccccc21. The van der Waals surface area contributed by atoms with Crippen molar-refractivity contribution in [3.63, 3.8) is 0 Å². The van der Waals surface area contributed by atoms with Crippen LogP contribution in [-0.4, -0.2) is 16.7 Å². The Morgan fingerprint density at radius 1 is 1.14 bits per heavy atom. The minimum Gasteiger partial charge on any atom is -0.505 e. The van der Waals surface area contributed by atoms with E-state index in [-0.39, 0.29) is 35.1 Å². The summed E-state index contributed by atoms with van der Waals surface area (Å²) in [7, 11) is 0. The molecule has 106 valence electrons. The molecule has 3 atom stereocenters. The number of allylic oxidation sites excluding steroid dienone is 4. The maximum absolute atomic E-state index is 12.7. The highest BCUT2D eigenvalue weighted by Gasteiger charge is 2.42. The Bertz CT molecular complexity index is 711. The van der Waals surface area contributed by atoms with Crippen molar-refractivity contribution in [2.75, 3.05) is 0 Å². The maximum Gasteiger partial charge on any atom is 0.203 e. The van der Waals surface area contributed by atoms with Crippen molar-refractivity contribution >= 4 is 11.6 Å². The summed E-state index contributed by atoms with van der Waals surface area (Å²) in [6.07, 6.45) is 5.91. The number of carbonyl (C=O) groups is 2. The molecule has 0 saturated carbocycles. The van der Waals surface area contributed by atoms with Gasteiger partial charge in [-0.1, -0.05) is 30.3 Å². The zero-order valence-corrected chi connectivity index (χ0v) is 11.6. The minimum atomic E-state index is -0.324. The molecular formula is C18H16O3. The number of benzene rings is 1. The molecule has 3 heteroatoms. The zero-order chi connectivity index (χ0) is 14.6. The summed E-state index contributed by atoms with van der Waals surface area (Å²) in [4.78, 5) is 24.8. The number of ketones is 2. The van der Waals surface area contributed by atoms with Crippen molar-refractivity contribution in [3.05, 3.63) is 58.9 Å². The van der Waals surface area contributed by atoms with Crippen molar-refractivity contribution in [3.8, 4) is 0 Å². The lowest BCUT2D eigenvalue weighted by molar-refractivity contribution is -0.122. The summed E-state index contributed by atoms with van der Waals surface area (Å²) in [5, 5.41) is 9.63. The van der Waals surface area contributed by atoms with E-state index in [0.717, 1.165) is 36.0 Å². The van der Waals surface area contributed by atoms with E-state index in [1.165, 1.54) is 0 Å². The highest BCUT2D eigenvalue weighted by molar-refractivity contribution is 6.12. The molecule has 0 fully saturated rings. The number of hydrogen-bond acceptors (Lipinski definition) is 3. The van der Waals surface area contributed by atoms with Crippen LogP contribution in [0.15, 0.2) is 47.7 Å². The number of carbonyl (C=O) groups excluding carboxylic acids is 2. The number of Topliss-reactive ketones (excluding diaryl/α,β-unsaturated/α-hetero) is 2. The number of rotatable bonds is 0. The molecule has 0 radical (unpaired) electrons. The Labute approximate surface area is 123 Å². The molecule has 0 amide bonds. The van der Waals surface area contributed by atoms with Crippen molar-refractivity contribution in [2.24, 2.45) is 17.8 Å². The Kier molecular flexibility index (Phi) is 2.64. The Balaban J connectivity index is 1.78. The summed E-state index contributed by atoms with van der Waals surface area (Å²) in [5.74, 6) is -0.202. The van der Waals surface area contributed by atoms with Gasteiger partial charge in [-0.3, -0.25) is 9.59 Å². The lowest BCUT2D eigenvalue weighted by atomic mass is 9.65. The van der Waals surface area contributed by atoms with E-state index < -0.39 is 0 Å². The van der Waals surface area contributed by atoms with Crippen LogP contribution in [0.25, 0.3) is 0 Å². The number of aliphatic hydroxyl groups is 1. The quantitative estimate of drug-likeness (QED) is 0.794. The number of hydrogen-bond donors (Lipinski definition) is 1. The van der Waals surface area contributed by atoms with Gasteiger partial charge in [0.1, 0.15) is 0 Å². The first-order valence-electron chi connectivity index (χ1n) is 7.43. The van der Waals surface area contributed by atoms with Gasteiger partial charge in [0.2, 0.25) is 5.78 Å². The molecule has 3 aliphatic rings. The van der Waals surface area contributed by atoms with E-state index in [9.17, 15) is 14.7 Å². The average molecular weight is 280 g/mol. The average Bonchev–Trinajstić information content (AvgIpc) is 2.50. The standard InChI is InChI=1S/C18H16O3/c19-16-6-5-11-8-12-7-10-3-1-2-4-13(10)17(20)15(12)9-14(11)18(16)21/h1-4,6,9,11-12,14,19H,5,7-8H2.